The van der Waals surface area contributed by atoms with Crippen molar-refractivity contribution >= 4 is 11.3 Å². The lowest BCUT2D eigenvalue weighted by Gasteiger charge is -2.16. The third-order valence-corrected chi connectivity index (χ3v) is 2.20. The standard InChI is InChI=1S/C9H10NS/c1-9(2,3)8-6-11-5-7(8)4-10/h6H,1-3H3. The van der Waals surface area contributed by atoms with Crippen molar-refractivity contribution in [3.05, 3.63) is 21.9 Å². The molecule has 0 saturated heterocycles. The van der Waals surface area contributed by atoms with Crippen molar-refractivity contribution in [2.45, 2.75) is 26.2 Å². The van der Waals surface area contributed by atoms with Crippen LogP contribution in [0, 0.1) is 16.7 Å². The van der Waals surface area contributed by atoms with E-state index in [-0.39, 0.29) is 5.41 Å². The van der Waals surface area contributed by atoms with Gasteiger partial charge in [-0.3, -0.25) is 0 Å². The highest BCUT2D eigenvalue weighted by Gasteiger charge is 2.18. The molecule has 1 aromatic heterocycles. The summed E-state index contributed by atoms with van der Waals surface area (Å²) in [6.45, 7) is 6.30. The molecule has 0 unspecified atom stereocenters. The van der Waals surface area contributed by atoms with Crippen molar-refractivity contribution in [2.75, 3.05) is 0 Å². The van der Waals surface area contributed by atoms with Crippen LogP contribution in [0.5, 0.6) is 0 Å². The van der Waals surface area contributed by atoms with Gasteiger partial charge in [-0.15, -0.1) is 11.3 Å². The molecule has 1 aromatic rings. The summed E-state index contributed by atoms with van der Waals surface area (Å²) in [5, 5.41) is 13.6. The molecular formula is C9H10NS. The van der Waals surface area contributed by atoms with Crippen LogP contribution < -0.4 is 0 Å². The molecule has 1 nitrogen and oxygen atoms in total. The molecule has 0 saturated carbocycles. The van der Waals surface area contributed by atoms with E-state index in [0.29, 0.717) is 5.56 Å². The Kier molecular flexibility index (Phi) is 2.01. The number of nitrogens with zero attached hydrogens (tertiary/aromatic N) is 1. The Morgan fingerprint density at radius 1 is 1.55 bits per heavy atom. The normalized spacial score (nSPS) is 11.1. The maximum absolute atomic E-state index is 8.70. The second-order valence-corrected chi connectivity index (χ2v) is 4.16. The van der Waals surface area contributed by atoms with Crippen molar-refractivity contribution in [3.63, 3.8) is 0 Å². The van der Waals surface area contributed by atoms with E-state index in [0.717, 1.165) is 5.56 Å². The summed E-state index contributed by atoms with van der Waals surface area (Å²) in [5.41, 5.74) is 1.87. The molecule has 1 rings (SSSR count). The number of hydrogen-bond acceptors (Lipinski definition) is 2. The van der Waals surface area contributed by atoms with Crippen LogP contribution in [0.4, 0.5) is 0 Å². The second kappa shape index (κ2) is 2.67. The molecule has 0 aliphatic rings. The summed E-state index contributed by atoms with van der Waals surface area (Å²) in [6.07, 6.45) is 0. The summed E-state index contributed by atoms with van der Waals surface area (Å²) in [6, 6.07) is 2.14. The third kappa shape index (κ3) is 1.61. The molecule has 0 spiro atoms. The maximum Gasteiger partial charge on any atom is 0.101 e. The Morgan fingerprint density at radius 3 is 2.55 bits per heavy atom. The molecule has 0 fully saturated rings. The molecule has 2 heteroatoms. The summed E-state index contributed by atoms with van der Waals surface area (Å²) in [5.74, 6) is 0. The van der Waals surface area contributed by atoms with Crippen LogP contribution in [0.2, 0.25) is 0 Å². The average Bonchev–Trinajstić information content (AvgIpc) is 2.31. The minimum absolute atomic E-state index is 0.0710. The fourth-order valence-electron chi connectivity index (χ4n) is 0.896. The first-order valence-corrected chi connectivity index (χ1v) is 4.33. The summed E-state index contributed by atoms with van der Waals surface area (Å²) in [4.78, 5) is 0. The molecular weight excluding hydrogens is 154 g/mol. The van der Waals surface area contributed by atoms with Crippen LogP contribution in [0.25, 0.3) is 0 Å². The number of thiophene rings is 1. The average molecular weight is 164 g/mol. The zero-order valence-electron chi connectivity index (χ0n) is 6.93. The number of hydrogen-bond donors (Lipinski definition) is 0. The number of rotatable bonds is 0. The third-order valence-electron chi connectivity index (χ3n) is 1.53. The van der Waals surface area contributed by atoms with E-state index in [1.165, 1.54) is 11.3 Å². The van der Waals surface area contributed by atoms with Gasteiger partial charge in [-0.05, 0) is 16.4 Å². The Balaban J connectivity index is 3.15. The van der Waals surface area contributed by atoms with Crippen LogP contribution >= 0.6 is 11.3 Å². The Labute approximate surface area is 71.3 Å². The van der Waals surface area contributed by atoms with Crippen LogP contribution in [0.3, 0.4) is 0 Å². The summed E-state index contributed by atoms with van der Waals surface area (Å²) >= 11 is 1.47. The van der Waals surface area contributed by atoms with E-state index >= 15 is 0 Å². The zero-order valence-corrected chi connectivity index (χ0v) is 7.75. The topological polar surface area (TPSA) is 23.8 Å². The van der Waals surface area contributed by atoms with E-state index < -0.39 is 0 Å². The van der Waals surface area contributed by atoms with Crippen molar-refractivity contribution < 1.29 is 0 Å². The molecule has 57 valence electrons. The van der Waals surface area contributed by atoms with E-state index in [1.807, 2.05) is 5.38 Å². The molecule has 0 atom stereocenters. The molecule has 0 aromatic carbocycles. The Hall–Kier alpha value is -0.810. The van der Waals surface area contributed by atoms with Gasteiger partial charge >= 0.3 is 0 Å². The van der Waals surface area contributed by atoms with Gasteiger partial charge in [0.1, 0.15) is 6.07 Å². The molecule has 0 N–H and O–H groups in total. The Morgan fingerprint density at radius 2 is 2.18 bits per heavy atom. The van der Waals surface area contributed by atoms with Crippen molar-refractivity contribution in [3.8, 4) is 6.07 Å². The zero-order chi connectivity index (χ0) is 8.48. The lowest BCUT2D eigenvalue weighted by Crippen LogP contribution is -2.11. The van der Waals surface area contributed by atoms with Crippen LogP contribution in [-0.2, 0) is 5.41 Å². The van der Waals surface area contributed by atoms with Gasteiger partial charge in [0, 0.05) is 0 Å². The first-order valence-electron chi connectivity index (χ1n) is 3.45. The lowest BCUT2D eigenvalue weighted by molar-refractivity contribution is 0.591. The molecule has 0 aliphatic heterocycles. The molecule has 1 radical (unpaired) electrons. The van der Waals surface area contributed by atoms with Crippen molar-refractivity contribution in [1.82, 2.24) is 0 Å². The van der Waals surface area contributed by atoms with E-state index in [1.54, 1.807) is 0 Å². The van der Waals surface area contributed by atoms with Gasteiger partial charge in [0.15, 0.2) is 0 Å². The highest BCUT2D eigenvalue weighted by Crippen LogP contribution is 2.27. The predicted molar refractivity (Wildman–Crippen MR) is 46.6 cm³/mol. The van der Waals surface area contributed by atoms with Crippen LogP contribution in [-0.4, -0.2) is 0 Å². The van der Waals surface area contributed by atoms with Crippen molar-refractivity contribution in [1.29, 1.82) is 5.26 Å². The molecule has 0 bridgehead atoms. The molecule has 1 heterocycles. The quantitative estimate of drug-likeness (QED) is 0.578. The minimum atomic E-state index is 0.0710. The fraction of sp³-hybridized carbons (Fsp3) is 0.444. The lowest BCUT2D eigenvalue weighted by atomic mass is 9.87. The van der Waals surface area contributed by atoms with Gasteiger partial charge in [-0.1, -0.05) is 20.8 Å². The van der Waals surface area contributed by atoms with Crippen LogP contribution in [0.1, 0.15) is 31.9 Å². The minimum Gasteiger partial charge on any atom is -0.192 e. The fourth-order valence-corrected chi connectivity index (χ4v) is 1.82. The van der Waals surface area contributed by atoms with E-state index in [4.69, 9.17) is 5.26 Å². The first-order chi connectivity index (χ1) is 5.05. The van der Waals surface area contributed by atoms with Gasteiger partial charge < -0.3 is 0 Å². The molecule has 0 aliphatic carbocycles. The second-order valence-electron chi connectivity index (χ2n) is 3.49. The maximum atomic E-state index is 8.70. The smallest absolute Gasteiger partial charge is 0.101 e. The summed E-state index contributed by atoms with van der Waals surface area (Å²) in [7, 11) is 0. The van der Waals surface area contributed by atoms with Crippen molar-refractivity contribution in [2.24, 2.45) is 0 Å². The summed E-state index contributed by atoms with van der Waals surface area (Å²) < 4.78 is 0. The van der Waals surface area contributed by atoms with E-state index in [2.05, 4.69) is 32.2 Å². The molecule has 0 amide bonds. The highest BCUT2D eigenvalue weighted by atomic mass is 32.1. The van der Waals surface area contributed by atoms with Gasteiger partial charge in [0.25, 0.3) is 0 Å². The number of nitriles is 1. The monoisotopic (exact) mass is 164 g/mol. The predicted octanol–water partition coefficient (Wildman–Crippen LogP) is 2.72. The first kappa shape index (κ1) is 8.29. The van der Waals surface area contributed by atoms with Gasteiger partial charge in [0.2, 0.25) is 0 Å². The van der Waals surface area contributed by atoms with Gasteiger partial charge in [-0.2, -0.15) is 5.26 Å². The van der Waals surface area contributed by atoms with Gasteiger partial charge in [-0.25, -0.2) is 0 Å². The van der Waals surface area contributed by atoms with E-state index in [9.17, 15) is 0 Å². The SMILES string of the molecule is CC(C)(C)c1cs[c]c1C#N. The molecule has 11 heavy (non-hydrogen) atoms. The Bertz CT molecular complexity index is 285. The van der Waals surface area contributed by atoms with Gasteiger partial charge in [0.05, 0.1) is 10.9 Å². The highest BCUT2D eigenvalue weighted by molar-refractivity contribution is 7.07. The van der Waals surface area contributed by atoms with Crippen LogP contribution in [0.15, 0.2) is 5.38 Å². The largest absolute Gasteiger partial charge is 0.192 e.